The second-order valence-electron chi connectivity index (χ2n) is 7.41. The number of anilines is 2. The molecule has 0 radical (unpaired) electrons. The van der Waals surface area contributed by atoms with Crippen LogP contribution in [0.3, 0.4) is 0 Å². The summed E-state index contributed by atoms with van der Waals surface area (Å²) in [6.45, 7) is 8.75. The summed E-state index contributed by atoms with van der Waals surface area (Å²) in [5.41, 5.74) is 1.39. The lowest BCUT2D eigenvalue weighted by atomic mass is 10.1. The summed E-state index contributed by atoms with van der Waals surface area (Å²) in [4.78, 5) is 25.0. The number of hydrogen-bond acceptors (Lipinski definition) is 4. The minimum Gasteiger partial charge on any atom is -0.465 e. The number of carbonyl (C=O) groups is 2. The number of rotatable bonds is 9. The van der Waals surface area contributed by atoms with Crippen LogP contribution in [0.5, 0.6) is 0 Å². The number of unbranched alkanes of at least 4 members (excludes halogenated alkanes) is 1. The smallest absolute Gasteiger partial charge is 0.407 e. The molecule has 0 aliphatic rings. The van der Waals surface area contributed by atoms with E-state index in [0.717, 1.165) is 18.7 Å². The molecule has 7 heteroatoms. The summed E-state index contributed by atoms with van der Waals surface area (Å²) < 4.78 is 0. The van der Waals surface area contributed by atoms with E-state index in [1.54, 1.807) is 18.2 Å². The lowest BCUT2D eigenvalue weighted by Crippen LogP contribution is -2.45. The first-order valence-corrected chi connectivity index (χ1v) is 9.27. The fourth-order valence-electron chi connectivity index (χ4n) is 2.62. The highest BCUT2D eigenvalue weighted by Gasteiger charge is 2.25. The monoisotopic (exact) mass is 374 g/mol. The quantitative estimate of drug-likeness (QED) is 0.560. The largest absolute Gasteiger partial charge is 0.465 e. The molecule has 1 rings (SSSR count). The van der Waals surface area contributed by atoms with Crippen LogP contribution in [-0.4, -0.2) is 40.6 Å². The van der Waals surface area contributed by atoms with E-state index < -0.39 is 11.6 Å². The molecule has 0 unspecified atom stereocenters. The Morgan fingerprint density at radius 3 is 2.48 bits per heavy atom. The molecule has 0 bridgehead atoms. The summed E-state index contributed by atoms with van der Waals surface area (Å²) in [5.74, 6) is -0.151. The second-order valence-corrected chi connectivity index (χ2v) is 7.41. The van der Waals surface area contributed by atoms with Crippen molar-refractivity contribution in [1.29, 1.82) is 5.26 Å². The number of hydrogen-bond donors (Lipinski definition) is 3. The summed E-state index contributed by atoms with van der Waals surface area (Å²) in [6, 6.07) is 7.23. The number of nitrogens with one attached hydrogen (secondary N) is 2. The molecular weight excluding hydrogens is 344 g/mol. The van der Waals surface area contributed by atoms with E-state index in [4.69, 9.17) is 5.26 Å². The van der Waals surface area contributed by atoms with Crippen LogP contribution in [-0.2, 0) is 4.79 Å². The lowest BCUT2D eigenvalue weighted by Gasteiger charge is -2.33. The molecule has 3 N–H and O–H groups in total. The van der Waals surface area contributed by atoms with Gasteiger partial charge in [0, 0.05) is 25.0 Å². The zero-order chi connectivity index (χ0) is 20.4. The van der Waals surface area contributed by atoms with Gasteiger partial charge in [0.15, 0.2) is 0 Å². The predicted molar refractivity (Wildman–Crippen MR) is 107 cm³/mol. The van der Waals surface area contributed by atoms with Crippen LogP contribution in [0.4, 0.5) is 16.2 Å². The van der Waals surface area contributed by atoms with E-state index in [2.05, 4.69) is 16.7 Å². The van der Waals surface area contributed by atoms with Crippen LogP contribution in [0.1, 0.15) is 58.9 Å². The standard InChI is InChI=1S/C20H30N4O3/c1-5-11-22-16-10-9-15(14-21)13-17(16)23-18(25)8-6-7-12-24(19(26)27)20(2,3)4/h9-10,13,22H,5-8,11-12H2,1-4H3,(H,23,25)(H,26,27). The summed E-state index contributed by atoms with van der Waals surface area (Å²) in [7, 11) is 0. The van der Waals surface area contributed by atoms with E-state index in [-0.39, 0.29) is 5.91 Å². The van der Waals surface area contributed by atoms with Crippen LogP contribution in [0.25, 0.3) is 0 Å². The van der Waals surface area contributed by atoms with Crippen molar-refractivity contribution < 1.29 is 14.7 Å². The van der Waals surface area contributed by atoms with Crippen molar-refractivity contribution >= 4 is 23.4 Å². The number of carboxylic acid groups (broad SMARTS) is 1. The highest BCUT2D eigenvalue weighted by molar-refractivity contribution is 5.94. The van der Waals surface area contributed by atoms with E-state index in [1.807, 2.05) is 27.7 Å². The van der Waals surface area contributed by atoms with Crippen molar-refractivity contribution in [1.82, 2.24) is 4.90 Å². The van der Waals surface area contributed by atoms with Crippen molar-refractivity contribution in [2.45, 2.75) is 58.9 Å². The third kappa shape index (κ3) is 7.57. The highest BCUT2D eigenvalue weighted by atomic mass is 16.4. The van der Waals surface area contributed by atoms with Crippen LogP contribution < -0.4 is 10.6 Å². The third-order valence-corrected chi connectivity index (χ3v) is 4.06. The fourth-order valence-corrected chi connectivity index (χ4v) is 2.62. The van der Waals surface area contributed by atoms with Gasteiger partial charge in [-0.2, -0.15) is 5.26 Å². The molecule has 0 atom stereocenters. The molecule has 0 spiro atoms. The average molecular weight is 374 g/mol. The van der Waals surface area contributed by atoms with Gasteiger partial charge in [-0.3, -0.25) is 4.79 Å². The van der Waals surface area contributed by atoms with Gasteiger partial charge in [-0.15, -0.1) is 0 Å². The van der Waals surface area contributed by atoms with Crippen LogP contribution in [0.15, 0.2) is 18.2 Å². The first-order valence-electron chi connectivity index (χ1n) is 9.27. The average Bonchev–Trinajstić information content (AvgIpc) is 2.58. The topological polar surface area (TPSA) is 105 Å². The second kappa shape index (κ2) is 10.4. The zero-order valence-electron chi connectivity index (χ0n) is 16.6. The van der Waals surface area contributed by atoms with E-state index in [0.29, 0.717) is 37.1 Å². The molecule has 0 saturated heterocycles. The Labute approximate surface area is 161 Å². The molecule has 1 aromatic carbocycles. The molecule has 0 fully saturated rings. The SMILES string of the molecule is CCCNc1ccc(C#N)cc1NC(=O)CCCCN(C(=O)O)C(C)(C)C. The molecular formula is C20H30N4O3. The van der Waals surface area contributed by atoms with E-state index >= 15 is 0 Å². The molecule has 1 aromatic rings. The van der Waals surface area contributed by atoms with Crippen LogP contribution in [0.2, 0.25) is 0 Å². The minimum absolute atomic E-state index is 0.151. The first-order chi connectivity index (χ1) is 12.7. The lowest BCUT2D eigenvalue weighted by molar-refractivity contribution is -0.116. The van der Waals surface area contributed by atoms with Gasteiger partial charge in [-0.1, -0.05) is 6.92 Å². The Kier molecular flexibility index (Phi) is 8.60. The zero-order valence-corrected chi connectivity index (χ0v) is 16.6. The normalized spacial score (nSPS) is 10.8. The van der Waals surface area contributed by atoms with Crippen molar-refractivity contribution in [2.24, 2.45) is 0 Å². The Balaban J connectivity index is 2.59. The number of nitriles is 1. The van der Waals surface area contributed by atoms with Gasteiger partial charge in [-0.25, -0.2) is 4.79 Å². The van der Waals surface area contributed by atoms with Gasteiger partial charge in [0.1, 0.15) is 0 Å². The minimum atomic E-state index is -0.952. The Hall–Kier alpha value is -2.75. The van der Waals surface area contributed by atoms with Crippen molar-refractivity contribution in [3.8, 4) is 6.07 Å². The molecule has 27 heavy (non-hydrogen) atoms. The number of benzene rings is 1. The summed E-state index contributed by atoms with van der Waals surface area (Å²) >= 11 is 0. The maximum Gasteiger partial charge on any atom is 0.407 e. The first kappa shape index (κ1) is 22.3. The number of amides is 2. The number of nitrogens with zero attached hydrogens (tertiary/aromatic N) is 2. The van der Waals surface area contributed by atoms with Gasteiger partial charge >= 0.3 is 6.09 Å². The Morgan fingerprint density at radius 1 is 1.22 bits per heavy atom. The van der Waals surface area contributed by atoms with E-state index in [1.165, 1.54) is 4.90 Å². The van der Waals surface area contributed by atoms with Crippen molar-refractivity contribution in [3.05, 3.63) is 23.8 Å². The van der Waals surface area contributed by atoms with Gasteiger partial charge in [0.25, 0.3) is 0 Å². The maximum absolute atomic E-state index is 12.3. The third-order valence-electron chi connectivity index (χ3n) is 4.06. The van der Waals surface area contributed by atoms with Gasteiger partial charge in [0.05, 0.1) is 23.0 Å². The van der Waals surface area contributed by atoms with Crippen LogP contribution in [0, 0.1) is 11.3 Å². The molecule has 2 amide bonds. The molecule has 0 aliphatic heterocycles. The molecule has 0 aromatic heterocycles. The molecule has 0 saturated carbocycles. The van der Waals surface area contributed by atoms with Gasteiger partial charge in [-0.05, 0) is 58.2 Å². The Morgan fingerprint density at radius 2 is 1.93 bits per heavy atom. The predicted octanol–water partition coefficient (Wildman–Crippen LogP) is 4.27. The number of carbonyl (C=O) groups excluding carboxylic acids is 1. The summed E-state index contributed by atoms with van der Waals surface area (Å²) in [6.07, 6.45) is 1.48. The Bertz CT molecular complexity index is 689. The van der Waals surface area contributed by atoms with Crippen molar-refractivity contribution in [3.63, 3.8) is 0 Å². The van der Waals surface area contributed by atoms with Crippen LogP contribution >= 0.6 is 0 Å². The summed E-state index contributed by atoms with van der Waals surface area (Å²) in [5, 5.41) is 24.4. The van der Waals surface area contributed by atoms with E-state index in [9.17, 15) is 14.7 Å². The van der Waals surface area contributed by atoms with Gasteiger partial charge < -0.3 is 20.6 Å². The van der Waals surface area contributed by atoms with Gasteiger partial charge in [0.2, 0.25) is 5.91 Å². The molecule has 0 heterocycles. The maximum atomic E-state index is 12.3. The highest BCUT2D eigenvalue weighted by Crippen LogP contribution is 2.23. The molecule has 148 valence electrons. The fraction of sp³-hybridized carbons (Fsp3) is 0.550. The van der Waals surface area contributed by atoms with Crippen molar-refractivity contribution in [2.75, 3.05) is 23.7 Å². The molecule has 0 aliphatic carbocycles. The molecule has 7 nitrogen and oxygen atoms in total.